The topological polar surface area (TPSA) is 90.1 Å². The SMILES string of the molecule is COc1cccc(NC(=O)CCSc2nnc(N)s2)c1. The summed E-state index contributed by atoms with van der Waals surface area (Å²) in [5.41, 5.74) is 6.20. The van der Waals surface area contributed by atoms with Crippen LogP contribution in [0.25, 0.3) is 0 Å². The number of nitrogens with two attached hydrogens (primary N) is 1. The Balaban J connectivity index is 1.77. The number of carbonyl (C=O) groups excluding carboxylic acids is 1. The van der Waals surface area contributed by atoms with Crippen molar-refractivity contribution in [3.63, 3.8) is 0 Å². The molecule has 0 fully saturated rings. The van der Waals surface area contributed by atoms with E-state index in [0.29, 0.717) is 23.1 Å². The molecule has 0 saturated carbocycles. The molecule has 3 N–H and O–H groups in total. The van der Waals surface area contributed by atoms with Crippen molar-refractivity contribution in [2.24, 2.45) is 0 Å². The Bertz CT molecular complexity index is 588. The number of nitrogens with zero attached hydrogens (tertiary/aromatic N) is 2. The van der Waals surface area contributed by atoms with Crippen molar-refractivity contribution in [3.8, 4) is 5.75 Å². The Morgan fingerprint density at radius 1 is 1.50 bits per heavy atom. The molecule has 0 saturated heterocycles. The minimum absolute atomic E-state index is 0.0526. The maximum Gasteiger partial charge on any atom is 0.225 e. The number of nitrogens with one attached hydrogen (secondary N) is 1. The molecule has 1 aromatic heterocycles. The highest BCUT2D eigenvalue weighted by atomic mass is 32.2. The number of rotatable bonds is 6. The minimum Gasteiger partial charge on any atom is -0.497 e. The van der Waals surface area contributed by atoms with Crippen LogP contribution < -0.4 is 15.8 Å². The number of amides is 1. The van der Waals surface area contributed by atoms with E-state index < -0.39 is 0 Å². The largest absolute Gasteiger partial charge is 0.497 e. The zero-order valence-corrected chi connectivity index (χ0v) is 12.5. The van der Waals surface area contributed by atoms with E-state index in [1.807, 2.05) is 18.2 Å². The molecule has 0 unspecified atom stereocenters. The normalized spacial score (nSPS) is 10.2. The maximum absolute atomic E-state index is 11.8. The van der Waals surface area contributed by atoms with Crippen molar-refractivity contribution in [2.45, 2.75) is 10.8 Å². The monoisotopic (exact) mass is 310 g/mol. The molecule has 1 aromatic carbocycles. The average molecular weight is 310 g/mol. The molecule has 0 aliphatic carbocycles. The quantitative estimate of drug-likeness (QED) is 0.795. The highest BCUT2D eigenvalue weighted by Gasteiger charge is 2.06. The van der Waals surface area contributed by atoms with Gasteiger partial charge in [-0.05, 0) is 12.1 Å². The highest BCUT2D eigenvalue weighted by molar-refractivity contribution is 8.01. The summed E-state index contributed by atoms with van der Waals surface area (Å²) in [6.45, 7) is 0. The number of carbonyl (C=O) groups is 1. The Kier molecular flexibility index (Phi) is 5.19. The van der Waals surface area contributed by atoms with Gasteiger partial charge in [0.15, 0.2) is 4.34 Å². The van der Waals surface area contributed by atoms with Crippen molar-refractivity contribution in [2.75, 3.05) is 23.9 Å². The van der Waals surface area contributed by atoms with Crippen LogP contribution in [0.15, 0.2) is 28.6 Å². The molecule has 1 heterocycles. The molecule has 2 rings (SSSR count). The van der Waals surface area contributed by atoms with Crippen LogP contribution in [0.1, 0.15) is 6.42 Å². The molecule has 0 aliphatic heterocycles. The van der Waals surface area contributed by atoms with Gasteiger partial charge in [0, 0.05) is 23.9 Å². The lowest BCUT2D eigenvalue weighted by atomic mass is 10.3. The molecular formula is C12H14N4O2S2. The predicted molar refractivity (Wildman–Crippen MR) is 81.3 cm³/mol. The van der Waals surface area contributed by atoms with Crippen LogP contribution in [0.5, 0.6) is 5.75 Å². The first kappa shape index (κ1) is 14.6. The number of aromatic nitrogens is 2. The molecule has 2 aromatic rings. The summed E-state index contributed by atoms with van der Waals surface area (Å²) < 4.78 is 5.87. The van der Waals surface area contributed by atoms with Gasteiger partial charge in [0.05, 0.1) is 7.11 Å². The van der Waals surface area contributed by atoms with E-state index >= 15 is 0 Å². The third kappa shape index (κ3) is 4.39. The van der Waals surface area contributed by atoms with E-state index in [1.165, 1.54) is 23.1 Å². The van der Waals surface area contributed by atoms with Gasteiger partial charge in [0.1, 0.15) is 5.75 Å². The van der Waals surface area contributed by atoms with Gasteiger partial charge in [-0.15, -0.1) is 10.2 Å². The first-order valence-electron chi connectivity index (χ1n) is 5.83. The number of nitrogen functional groups attached to an aromatic ring is 1. The summed E-state index contributed by atoms with van der Waals surface area (Å²) in [7, 11) is 1.59. The number of anilines is 2. The summed E-state index contributed by atoms with van der Waals surface area (Å²) in [5.74, 6) is 1.29. The molecule has 6 nitrogen and oxygen atoms in total. The predicted octanol–water partition coefficient (Wildman–Crippen LogP) is 2.25. The number of hydrogen-bond acceptors (Lipinski definition) is 7. The van der Waals surface area contributed by atoms with Gasteiger partial charge in [-0.1, -0.05) is 29.2 Å². The molecule has 0 bridgehead atoms. The lowest BCUT2D eigenvalue weighted by molar-refractivity contribution is -0.115. The van der Waals surface area contributed by atoms with Gasteiger partial charge < -0.3 is 15.8 Å². The van der Waals surface area contributed by atoms with Crippen LogP contribution in [0.3, 0.4) is 0 Å². The molecule has 0 atom stereocenters. The first-order chi connectivity index (χ1) is 9.67. The molecule has 0 radical (unpaired) electrons. The van der Waals surface area contributed by atoms with Gasteiger partial charge in [0.25, 0.3) is 0 Å². The van der Waals surface area contributed by atoms with Crippen molar-refractivity contribution in [3.05, 3.63) is 24.3 Å². The van der Waals surface area contributed by atoms with Gasteiger partial charge >= 0.3 is 0 Å². The molecule has 8 heteroatoms. The molecule has 0 spiro atoms. The van der Waals surface area contributed by atoms with E-state index in [1.54, 1.807) is 13.2 Å². The second-order valence-corrected chi connectivity index (χ2v) is 6.14. The maximum atomic E-state index is 11.8. The zero-order chi connectivity index (χ0) is 14.4. The number of hydrogen-bond donors (Lipinski definition) is 2. The van der Waals surface area contributed by atoms with Crippen LogP contribution in [-0.4, -0.2) is 29.0 Å². The second kappa shape index (κ2) is 7.11. The molecular weight excluding hydrogens is 296 g/mol. The summed E-state index contributed by atoms with van der Waals surface area (Å²) in [6, 6.07) is 7.24. The van der Waals surface area contributed by atoms with E-state index in [4.69, 9.17) is 10.5 Å². The Morgan fingerprint density at radius 3 is 3.05 bits per heavy atom. The third-order valence-electron chi connectivity index (χ3n) is 2.33. The second-order valence-electron chi connectivity index (χ2n) is 3.78. The zero-order valence-electron chi connectivity index (χ0n) is 10.8. The smallest absolute Gasteiger partial charge is 0.225 e. The van der Waals surface area contributed by atoms with Gasteiger partial charge in [0.2, 0.25) is 11.0 Å². The van der Waals surface area contributed by atoms with Gasteiger partial charge in [-0.2, -0.15) is 0 Å². The summed E-state index contributed by atoms with van der Waals surface area (Å²) >= 11 is 2.79. The van der Waals surface area contributed by atoms with Gasteiger partial charge in [-0.25, -0.2) is 0 Å². The number of thioether (sulfide) groups is 1. The fourth-order valence-corrected chi connectivity index (χ4v) is 3.08. The molecule has 0 aliphatic rings. The van der Waals surface area contributed by atoms with E-state index in [2.05, 4.69) is 15.5 Å². The first-order valence-corrected chi connectivity index (χ1v) is 7.63. The van der Waals surface area contributed by atoms with Crippen molar-refractivity contribution < 1.29 is 9.53 Å². The number of ether oxygens (including phenoxy) is 1. The van der Waals surface area contributed by atoms with Crippen LogP contribution in [0, 0.1) is 0 Å². The fourth-order valence-electron chi connectivity index (χ4n) is 1.43. The summed E-state index contributed by atoms with van der Waals surface area (Å²) in [5, 5.41) is 10.8. The van der Waals surface area contributed by atoms with E-state index in [-0.39, 0.29) is 5.91 Å². The summed E-state index contributed by atoms with van der Waals surface area (Å²) in [4.78, 5) is 11.8. The lowest BCUT2D eigenvalue weighted by Gasteiger charge is -2.06. The van der Waals surface area contributed by atoms with Crippen LogP contribution in [0.4, 0.5) is 10.8 Å². The lowest BCUT2D eigenvalue weighted by Crippen LogP contribution is -2.12. The van der Waals surface area contributed by atoms with E-state index in [0.717, 1.165) is 10.0 Å². The number of benzene rings is 1. The van der Waals surface area contributed by atoms with Crippen molar-refractivity contribution in [1.82, 2.24) is 10.2 Å². The van der Waals surface area contributed by atoms with Gasteiger partial charge in [-0.3, -0.25) is 4.79 Å². The summed E-state index contributed by atoms with van der Waals surface area (Å²) in [6.07, 6.45) is 0.390. The molecule has 1 amide bonds. The molecule has 20 heavy (non-hydrogen) atoms. The molecule has 106 valence electrons. The van der Waals surface area contributed by atoms with Crippen molar-refractivity contribution >= 4 is 39.8 Å². The number of methoxy groups -OCH3 is 1. The Hall–Kier alpha value is -1.80. The fraction of sp³-hybridized carbons (Fsp3) is 0.250. The minimum atomic E-state index is -0.0526. The Morgan fingerprint density at radius 2 is 2.35 bits per heavy atom. The van der Waals surface area contributed by atoms with Crippen LogP contribution in [0.2, 0.25) is 0 Å². The third-order valence-corrected chi connectivity index (χ3v) is 4.22. The Labute approximate surface area is 124 Å². The highest BCUT2D eigenvalue weighted by Crippen LogP contribution is 2.24. The van der Waals surface area contributed by atoms with Crippen LogP contribution in [-0.2, 0) is 4.79 Å². The standard InChI is InChI=1S/C12H14N4O2S2/c1-18-9-4-2-3-8(7-9)14-10(17)5-6-19-12-16-15-11(13)20-12/h2-4,7H,5-6H2,1H3,(H2,13,15)(H,14,17). The van der Waals surface area contributed by atoms with E-state index in [9.17, 15) is 4.79 Å². The average Bonchev–Trinajstić information content (AvgIpc) is 2.84. The van der Waals surface area contributed by atoms with Crippen molar-refractivity contribution in [1.29, 1.82) is 0 Å². The van der Waals surface area contributed by atoms with Crippen LogP contribution >= 0.6 is 23.1 Å².